The minimum atomic E-state index is 0.0577. The van der Waals surface area contributed by atoms with Gasteiger partial charge in [-0.15, -0.1) is 0 Å². The number of nitriles is 2. The van der Waals surface area contributed by atoms with Gasteiger partial charge in [-0.05, 0) is 79.9 Å². The largest absolute Gasteiger partial charge is 0.192 e. The normalized spacial score (nSPS) is 13.3. The summed E-state index contributed by atoms with van der Waals surface area (Å²) in [5, 5.41) is 19.0. The second-order valence-corrected chi connectivity index (χ2v) is 9.54. The summed E-state index contributed by atoms with van der Waals surface area (Å²) in [6.45, 7) is 0. The third kappa shape index (κ3) is 2.89. The van der Waals surface area contributed by atoms with Gasteiger partial charge < -0.3 is 0 Å². The van der Waals surface area contributed by atoms with E-state index in [-0.39, 0.29) is 11.8 Å². The van der Waals surface area contributed by atoms with Crippen molar-refractivity contribution in [2.24, 2.45) is 0 Å². The van der Waals surface area contributed by atoms with Crippen LogP contribution in [0.1, 0.15) is 56.3 Å². The fourth-order valence-corrected chi connectivity index (χ4v) is 6.18. The van der Waals surface area contributed by atoms with Gasteiger partial charge >= 0.3 is 0 Å². The van der Waals surface area contributed by atoms with Crippen LogP contribution in [0.2, 0.25) is 0 Å². The summed E-state index contributed by atoms with van der Waals surface area (Å²) in [5.74, 6) is 0.252. The second kappa shape index (κ2) is 7.81. The fraction of sp³-hybridized carbons (Fsp3) is 0.0588. The lowest BCUT2D eigenvalue weighted by Crippen LogP contribution is -2.04. The highest BCUT2D eigenvalue weighted by Gasteiger charge is 2.33. The molecule has 36 heavy (non-hydrogen) atoms. The topological polar surface area (TPSA) is 47.6 Å². The second-order valence-electron chi connectivity index (χ2n) is 9.54. The predicted octanol–water partition coefficient (Wildman–Crippen LogP) is 7.75. The highest BCUT2D eigenvalue weighted by atomic mass is 14.4. The van der Waals surface area contributed by atoms with E-state index in [1.165, 1.54) is 44.5 Å². The Labute approximate surface area is 210 Å². The van der Waals surface area contributed by atoms with Crippen LogP contribution in [-0.4, -0.2) is 0 Å². The van der Waals surface area contributed by atoms with Crippen LogP contribution < -0.4 is 0 Å². The zero-order valence-electron chi connectivity index (χ0n) is 19.4. The van der Waals surface area contributed by atoms with Gasteiger partial charge in [-0.25, -0.2) is 0 Å². The van der Waals surface area contributed by atoms with Gasteiger partial charge in [0.15, 0.2) is 0 Å². The molecule has 0 atom stereocenters. The Kier molecular flexibility index (Phi) is 4.44. The van der Waals surface area contributed by atoms with Crippen molar-refractivity contribution >= 4 is 0 Å². The molecule has 0 unspecified atom stereocenters. The van der Waals surface area contributed by atoms with Crippen molar-refractivity contribution in [3.63, 3.8) is 0 Å². The Morgan fingerprint density at radius 1 is 0.417 bits per heavy atom. The van der Waals surface area contributed by atoms with Crippen molar-refractivity contribution in [1.82, 2.24) is 0 Å². The zero-order chi connectivity index (χ0) is 24.2. The molecule has 0 fully saturated rings. The highest BCUT2D eigenvalue weighted by Crippen LogP contribution is 2.51. The summed E-state index contributed by atoms with van der Waals surface area (Å²) >= 11 is 0. The molecule has 5 aromatic rings. The van der Waals surface area contributed by atoms with Crippen LogP contribution in [0.4, 0.5) is 0 Å². The molecule has 0 heterocycles. The monoisotopic (exact) mass is 456 g/mol. The van der Waals surface area contributed by atoms with Crippen molar-refractivity contribution in [2.75, 3.05) is 0 Å². The number of benzene rings is 5. The van der Waals surface area contributed by atoms with Crippen molar-refractivity contribution < 1.29 is 0 Å². The first-order valence-corrected chi connectivity index (χ1v) is 12.1. The van der Waals surface area contributed by atoms with Gasteiger partial charge in [0, 0.05) is 11.8 Å². The summed E-state index contributed by atoms with van der Waals surface area (Å²) in [4.78, 5) is 0. The van der Waals surface area contributed by atoms with E-state index >= 15 is 0 Å². The smallest absolute Gasteiger partial charge is 0.0991 e. The number of hydrogen-bond donors (Lipinski definition) is 0. The Morgan fingerprint density at radius 2 is 0.861 bits per heavy atom. The van der Waals surface area contributed by atoms with Crippen molar-refractivity contribution in [3.05, 3.63) is 154 Å². The van der Waals surface area contributed by atoms with Crippen LogP contribution in [0.15, 0.2) is 109 Å². The minimum absolute atomic E-state index is 0.0577. The molecule has 0 radical (unpaired) electrons. The number of rotatable bonds is 2. The minimum Gasteiger partial charge on any atom is -0.192 e. The van der Waals surface area contributed by atoms with E-state index in [1.54, 1.807) is 0 Å². The van der Waals surface area contributed by atoms with E-state index in [0.717, 1.165) is 11.1 Å². The summed E-state index contributed by atoms with van der Waals surface area (Å²) in [7, 11) is 0. The lowest BCUT2D eigenvalue weighted by atomic mass is 9.84. The molecule has 0 bridgehead atoms. The SMILES string of the molecule is N#Cc1ccc2c(c1)-c1cc(C#N)ccc1C2c1cccc(C2c3ccccc3-c3ccccc32)c1. The molecule has 166 valence electrons. The molecule has 2 aliphatic carbocycles. The van der Waals surface area contributed by atoms with Crippen molar-refractivity contribution in [3.8, 4) is 34.4 Å². The molecule has 0 spiro atoms. The molecule has 0 saturated carbocycles. The Balaban J connectivity index is 1.41. The molecule has 2 nitrogen and oxygen atoms in total. The van der Waals surface area contributed by atoms with Gasteiger partial charge in [-0.2, -0.15) is 10.5 Å². The van der Waals surface area contributed by atoms with E-state index in [4.69, 9.17) is 0 Å². The van der Waals surface area contributed by atoms with E-state index in [1.807, 2.05) is 24.3 Å². The lowest BCUT2D eigenvalue weighted by molar-refractivity contribution is 0.972. The average molecular weight is 457 g/mol. The maximum absolute atomic E-state index is 9.52. The molecule has 0 saturated heterocycles. The van der Waals surface area contributed by atoms with Gasteiger partial charge in [-0.1, -0.05) is 84.9 Å². The van der Waals surface area contributed by atoms with Crippen LogP contribution in [0.3, 0.4) is 0 Å². The number of fused-ring (bicyclic) bond motifs is 6. The quantitative estimate of drug-likeness (QED) is 0.267. The number of nitrogens with zero attached hydrogens (tertiary/aromatic N) is 2. The van der Waals surface area contributed by atoms with Gasteiger partial charge in [0.1, 0.15) is 0 Å². The van der Waals surface area contributed by atoms with Gasteiger partial charge in [0.2, 0.25) is 0 Å². The standard InChI is InChI=1S/C34H20N2/c35-19-21-12-14-29-31(16-21)32-17-22(20-36)13-15-30(32)34(29)24-7-5-6-23(18-24)33-27-10-3-1-8-25(27)26-9-2-4-11-28(26)33/h1-18,33-34H. The average Bonchev–Trinajstić information content (AvgIpc) is 3.45. The number of hydrogen-bond acceptors (Lipinski definition) is 2. The molecule has 0 aromatic heterocycles. The summed E-state index contributed by atoms with van der Waals surface area (Å²) < 4.78 is 0. The summed E-state index contributed by atoms with van der Waals surface area (Å²) in [6.07, 6.45) is 0. The van der Waals surface area contributed by atoms with Crippen LogP contribution >= 0.6 is 0 Å². The van der Waals surface area contributed by atoms with E-state index in [2.05, 4.69) is 97.1 Å². The first-order chi connectivity index (χ1) is 17.8. The predicted molar refractivity (Wildman–Crippen MR) is 142 cm³/mol. The summed E-state index contributed by atoms with van der Waals surface area (Å²) in [6, 6.07) is 42.8. The zero-order valence-corrected chi connectivity index (χ0v) is 19.4. The van der Waals surface area contributed by atoms with E-state index in [0.29, 0.717) is 11.1 Å². The molecule has 7 rings (SSSR count). The maximum Gasteiger partial charge on any atom is 0.0991 e. The Hall–Kier alpha value is -4.92. The molecule has 0 N–H and O–H groups in total. The fourth-order valence-electron chi connectivity index (χ4n) is 6.18. The van der Waals surface area contributed by atoms with Crippen LogP contribution in [-0.2, 0) is 0 Å². The van der Waals surface area contributed by atoms with Gasteiger partial charge in [-0.3, -0.25) is 0 Å². The Bertz CT molecular complexity index is 1670. The van der Waals surface area contributed by atoms with Crippen LogP contribution in [0.5, 0.6) is 0 Å². The molecule has 2 heteroatoms. The Morgan fingerprint density at radius 3 is 1.33 bits per heavy atom. The highest BCUT2D eigenvalue weighted by molar-refractivity contribution is 5.83. The molecular formula is C34H20N2. The third-order valence-corrected chi connectivity index (χ3v) is 7.69. The summed E-state index contributed by atoms with van der Waals surface area (Å²) in [5.41, 5.74) is 13.6. The van der Waals surface area contributed by atoms with E-state index in [9.17, 15) is 10.5 Å². The molecular weight excluding hydrogens is 436 g/mol. The van der Waals surface area contributed by atoms with Crippen LogP contribution in [0, 0.1) is 22.7 Å². The molecule has 0 amide bonds. The molecule has 5 aromatic carbocycles. The first-order valence-electron chi connectivity index (χ1n) is 12.1. The van der Waals surface area contributed by atoms with Crippen molar-refractivity contribution in [1.29, 1.82) is 10.5 Å². The van der Waals surface area contributed by atoms with Crippen LogP contribution in [0.25, 0.3) is 22.3 Å². The van der Waals surface area contributed by atoms with Gasteiger partial charge in [0.05, 0.1) is 23.3 Å². The third-order valence-electron chi connectivity index (χ3n) is 7.69. The van der Waals surface area contributed by atoms with Gasteiger partial charge in [0.25, 0.3) is 0 Å². The lowest BCUT2D eigenvalue weighted by Gasteiger charge is -2.19. The first kappa shape index (κ1) is 20.5. The molecule has 2 aliphatic rings. The van der Waals surface area contributed by atoms with E-state index < -0.39 is 0 Å². The molecule has 0 aliphatic heterocycles. The van der Waals surface area contributed by atoms with Crippen molar-refractivity contribution in [2.45, 2.75) is 11.8 Å². The maximum atomic E-state index is 9.52.